The molecule has 0 saturated heterocycles. The van der Waals surface area contributed by atoms with Gasteiger partial charge in [0.25, 0.3) is 11.7 Å². The number of hydrogen-bond donors (Lipinski definition) is 1. The molecule has 1 amide bonds. The van der Waals surface area contributed by atoms with Crippen molar-refractivity contribution in [2.45, 2.75) is 30.6 Å². The number of carbonyl (C=O) groups is 1. The predicted molar refractivity (Wildman–Crippen MR) is 88.2 cm³/mol. The summed E-state index contributed by atoms with van der Waals surface area (Å²) in [7, 11) is 0. The Morgan fingerprint density at radius 1 is 1.17 bits per heavy atom. The molecule has 3 nitrogen and oxygen atoms in total. The highest BCUT2D eigenvalue weighted by atomic mass is 32.2. The van der Waals surface area contributed by atoms with Gasteiger partial charge < -0.3 is 10.1 Å². The Labute approximate surface area is 138 Å². The summed E-state index contributed by atoms with van der Waals surface area (Å²) in [5, 5.41) is 2.63. The predicted octanol–water partition coefficient (Wildman–Crippen LogP) is 4.72. The summed E-state index contributed by atoms with van der Waals surface area (Å²) in [5.41, 5.74) is 1.37. The zero-order valence-electron chi connectivity index (χ0n) is 12.8. The third kappa shape index (κ3) is 5.25. The highest BCUT2D eigenvalue weighted by Crippen LogP contribution is 2.31. The molecule has 0 saturated carbocycles. The molecule has 23 heavy (non-hydrogen) atoms. The Kier molecular flexibility index (Phi) is 5.98. The first kappa shape index (κ1) is 17.3. The lowest BCUT2D eigenvalue weighted by Crippen LogP contribution is -2.30. The van der Waals surface area contributed by atoms with Gasteiger partial charge in [-0.25, -0.2) is 0 Å². The van der Waals surface area contributed by atoms with Crippen LogP contribution < -0.4 is 10.1 Å². The maximum atomic E-state index is 12.5. The highest BCUT2D eigenvalue weighted by Gasteiger charge is 2.17. The van der Waals surface area contributed by atoms with Gasteiger partial charge in [0.2, 0.25) is 0 Å². The van der Waals surface area contributed by atoms with Crippen molar-refractivity contribution in [1.29, 1.82) is 0 Å². The van der Waals surface area contributed by atoms with Gasteiger partial charge >= 0.3 is 0 Å². The second-order valence-corrected chi connectivity index (χ2v) is 5.97. The zero-order chi connectivity index (χ0) is 16.8. The van der Waals surface area contributed by atoms with Crippen LogP contribution in [-0.2, 0) is 4.79 Å². The molecule has 0 aliphatic heterocycles. The Morgan fingerprint density at radius 3 is 2.61 bits per heavy atom. The molecule has 1 atom stereocenters. The summed E-state index contributed by atoms with van der Waals surface area (Å²) < 4.78 is 30.7. The van der Waals surface area contributed by atoms with Crippen molar-refractivity contribution in [3.8, 4) is 5.75 Å². The average Bonchev–Trinajstić information content (AvgIpc) is 2.48. The van der Waals surface area contributed by atoms with Gasteiger partial charge in [-0.2, -0.15) is 8.78 Å². The van der Waals surface area contributed by atoms with Crippen molar-refractivity contribution in [2.24, 2.45) is 0 Å². The number of anilines is 1. The fraction of sp³-hybridized carbons (Fsp3) is 0.235. The number of aryl methyl sites for hydroxylation is 1. The first-order valence-electron chi connectivity index (χ1n) is 7.03. The quantitative estimate of drug-likeness (QED) is 0.776. The van der Waals surface area contributed by atoms with Crippen LogP contribution in [0.4, 0.5) is 14.5 Å². The van der Waals surface area contributed by atoms with Crippen LogP contribution in [0.25, 0.3) is 0 Å². The van der Waals surface area contributed by atoms with Gasteiger partial charge in [-0.15, -0.1) is 0 Å². The van der Waals surface area contributed by atoms with Crippen molar-refractivity contribution in [2.75, 3.05) is 5.32 Å². The molecular formula is C17H17F2NO2S. The first-order chi connectivity index (χ1) is 11.0. The standard InChI is InChI=1S/C17H17F2NO2S/c1-11-6-5-7-13(10-11)22-12(2)16(21)20-14-8-3-4-9-15(14)23-17(18)19/h3-10,12,17H,1-2H3,(H,20,21). The fourth-order valence-corrected chi connectivity index (χ4v) is 2.54. The van der Waals surface area contributed by atoms with Crippen LogP contribution in [0.3, 0.4) is 0 Å². The zero-order valence-corrected chi connectivity index (χ0v) is 13.6. The number of alkyl halides is 2. The molecule has 2 rings (SSSR count). The lowest BCUT2D eigenvalue weighted by molar-refractivity contribution is -0.122. The summed E-state index contributed by atoms with van der Waals surface area (Å²) in [6.45, 7) is 3.54. The summed E-state index contributed by atoms with van der Waals surface area (Å²) in [5.74, 6) is -2.36. The van der Waals surface area contributed by atoms with Crippen LogP contribution >= 0.6 is 11.8 Å². The highest BCUT2D eigenvalue weighted by molar-refractivity contribution is 7.99. The van der Waals surface area contributed by atoms with Crippen LogP contribution in [-0.4, -0.2) is 17.8 Å². The molecule has 122 valence electrons. The molecule has 1 N–H and O–H groups in total. The molecule has 2 aromatic rings. The van der Waals surface area contributed by atoms with E-state index in [1.807, 2.05) is 25.1 Å². The third-order valence-corrected chi connectivity index (χ3v) is 3.82. The molecule has 0 heterocycles. The molecule has 6 heteroatoms. The van der Waals surface area contributed by atoms with E-state index in [4.69, 9.17) is 4.74 Å². The van der Waals surface area contributed by atoms with Crippen molar-refractivity contribution < 1.29 is 18.3 Å². The number of ether oxygens (including phenoxy) is 1. The monoisotopic (exact) mass is 337 g/mol. The SMILES string of the molecule is Cc1cccc(OC(C)C(=O)Nc2ccccc2SC(F)F)c1. The Morgan fingerprint density at radius 2 is 1.91 bits per heavy atom. The minimum Gasteiger partial charge on any atom is -0.481 e. The van der Waals surface area contributed by atoms with Gasteiger partial charge in [0.05, 0.1) is 5.69 Å². The van der Waals surface area contributed by atoms with E-state index in [2.05, 4.69) is 5.32 Å². The minimum absolute atomic E-state index is 0.318. The number of benzene rings is 2. The van der Waals surface area contributed by atoms with Gasteiger partial charge in [-0.3, -0.25) is 4.79 Å². The maximum absolute atomic E-state index is 12.5. The van der Waals surface area contributed by atoms with E-state index < -0.39 is 17.8 Å². The van der Waals surface area contributed by atoms with Crippen LogP contribution in [0.2, 0.25) is 0 Å². The Balaban J connectivity index is 2.04. The van der Waals surface area contributed by atoms with Gasteiger partial charge in [0.1, 0.15) is 5.75 Å². The van der Waals surface area contributed by atoms with Crippen LogP contribution in [0, 0.1) is 6.92 Å². The normalized spacial score (nSPS) is 12.0. The number of hydrogen-bond acceptors (Lipinski definition) is 3. The topological polar surface area (TPSA) is 38.3 Å². The lowest BCUT2D eigenvalue weighted by Gasteiger charge is -2.16. The first-order valence-corrected chi connectivity index (χ1v) is 7.91. The van der Waals surface area contributed by atoms with Gasteiger partial charge in [0.15, 0.2) is 6.10 Å². The van der Waals surface area contributed by atoms with Crippen LogP contribution in [0.1, 0.15) is 12.5 Å². The molecular weight excluding hydrogens is 320 g/mol. The summed E-state index contributed by atoms with van der Waals surface area (Å²) in [4.78, 5) is 12.5. The van der Waals surface area contributed by atoms with E-state index in [0.29, 0.717) is 28.1 Å². The number of nitrogens with one attached hydrogen (secondary N) is 1. The lowest BCUT2D eigenvalue weighted by atomic mass is 10.2. The van der Waals surface area contributed by atoms with Gasteiger partial charge in [0, 0.05) is 4.90 Å². The minimum atomic E-state index is -2.55. The summed E-state index contributed by atoms with van der Waals surface area (Å²) in [6.07, 6.45) is -0.749. The smallest absolute Gasteiger partial charge is 0.288 e. The number of halogens is 2. The van der Waals surface area contributed by atoms with Gasteiger partial charge in [-0.05, 0) is 43.7 Å². The molecule has 0 aliphatic rings. The van der Waals surface area contributed by atoms with Crippen molar-refractivity contribution >= 4 is 23.4 Å². The maximum Gasteiger partial charge on any atom is 0.288 e. The van der Waals surface area contributed by atoms with E-state index in [1.54, 1.807) is 37.3 Å². The Hall–Kier alpha value is -2.08. The van der Waals surface area contributed by atoms with E-state index >= 15 is 0 Å². The average molecular weight is 337 g/mol. The number of carbonyl (C=O) groups excluding carboxylic acids is 1. The second-order valence-electron chi connectivity index (χ2n) is 4.94. The van der Waals surface area contributed by atoms with Crippen LogP contribution in [0.15, 0.2) is 53.4 Å². The molecule has 0 aliphatic carbocycles. The molecule has 0 bridgehead atoms. The fourth-order valence-electron chi connectivity index (χ4n) is 1.95. The molecule has 0 radical (unpaired) electrons. The molecule has 0 spiro atoms. The van der Waals surface area contributed by atoms with E-state index in [-0.39, 0.29) is 0 Å². The largest absolute Gasteiger partial charge is 0.481 e. The van der Waals surface area contributed by atoms with Crippen molar-refractivity contribution in [3.05, 3.63) is 54.1 Å². The summed E-state index contributed by atoms with van der Waals surface area (Å²) >= 11 is 0.396. The Bertz CT molecular complexity index is 679. The molecule has 1 unspecified atom stereocenters. The van der Waals surface area contributed by atoms with E-state index in [1.165, 1.54) is 0 Å². The van der Waals surface area contributed by atoms with Crippen LogP contribution in [0.5, 0.6) is 5.75 Å². The molecule has 2 aromatic carbocycles. The number of para-hydroxylation sites is 1. The number of rotatable bonds is 6. The number of amides is 1. The van der Waals surface area contributed by atoms with E-state index in [0.717, 1.165) is 5.56 Å². The number of thioether (sulfide) groups is 1. The second kappa shape index (κ2) is 7.97. The summed E-state index contributed by atoms with van der Waals surface area (Å²) in [6, 6.07) is 13.8. The molecule has 0 fully saturated rings. The van der Waals surface area contributed by atoms with Crippen molar-refractivity contribution in [1.82, 2.24) is 0 Å². The van der Waals surface area contributed by atoms with Crippen molar-refractivity contribution in [3.63, 3.8) is 0 Å². The van der Waals surface area contributed by atoms with Gasteiger partial charge in [-0.1, -0.05) is 36.0 Å². The third-order valence-electron chi connectivity index (χ3n) is 3.03. The van der Waals surface area contributed by atoms with E-state index in [9.17, 15) is 13.6 Å². The molecule has 0 aromatic heterocycles.